The molecule has 14 heavy (non-hydrogen) atoms. The summed E-state index contributed by atoms with van der Waals surface area (Å²) < 4.78 is 0.325. The molecule has 76 valence electrons. The van der Waals surface area contributed by atoms with Crippen molar-refractivity contribution in [3.8, 4) is 0 Å². The minimum atomic E-state index is -0.999. The van der Waals surface area contributed by atoms with E-state index in [0.29, 0.717) is 10.3 Å². The molecule has 5 heteroatoms. The minimum Gasteiger partial charge on any atom is -0.478 e. The number of aromatic carboxylic acids is 1. The van der Waals surface area contributed by atoms with Crippen LogP contribution in [-0.2, 0) is 0 Å². The highest BCUT2D eigenvalue weighted by molar-refractivity contribution is 9.10. The third-order valence-electron chi connectivity index (χ3n) is 1.92. The molecule has 1 heterocycles. The van der Waals surface area contributed by atoms with Crippen molar-refractivity contribution in [1.29, 1.82) is 0 Å². The monoisotopic (exact) mass is 258 g/mol. The number of nitrogens with two attached hydrogens (primary N) is 1. The lowest BCUT2D eigenvalue weighted by atomic mass is 10.1. The minimum absolute atomic E-state index is 0.144. The van der Waals surface area contributed by atoms with Gasteiger partial charge in [0.05, 0.1) is 11.3 Å². The van der Waals surface area contributed by atoms with E-state index in [1.807, 2.05) is 6.92 Å². The number of halogens is 1. The van der Waals surface area contributed by atoms with Gasteiger partial charge in [-0.2, -0.15) is 0 Å². The lowest BCUT2D eigenvalue weighted by Gasteiger charge is -2.08. The molecule has 0 aliphatic heterocycles. The highest BCUT2D eigenvalue weighted by atomic mass is 79.9. The maximum Gasteiger partial charge on any atom is 0.338 e. The van der Waals surface area contributed by atoms with Gasteiger partial charge in [-0.1, -0.05) is 6.92 Å². The summed E-state index contributed by atoms with van der Waals surface area (Å²) in [6, 6.07) is 3.00. The third-order valence-corrected chi connectivity index (χ3v) is 2.52. The van der Waals surface area contributed by atoms with Crippen LogP contribution in [0, 0.1) is 0 Å². The van der Waals surface area contributed by atoms with Crippen LogP contribution < -0.4 is 5.73 Å². The fourth-order valence-corrected chi connectivity index (χ4v) is 1.53. The quantitative estimate of drug-likeness (QED) is 0.813. The van der Waals surface area contributed by atoms with Gasteiger partial charge in [-0.3, -0.25) is 0 Å². The van der Waals surface area contributed by atoms with Gasteiger partial charge in [0.15, 0.2) is 0 Å². The standard InChI is InChI=1S/C9H11BrN2O2/c1-2-6(11)7-4-3-5(9(13)14)8(10)12-7/h3-4,6H,2,11H2,1H3,(H,13,14)/t6-/m1/s1. The Hall–Kier alpha value is -0.940. The maximum absolute atomic E-state index is 10.7. The summed E-state index contributed by atoms with van der Waals surface area (Å²) in [5.74, 6) is -0.999. The van der Waals surface area contributed by atoms with Crippen molar-refractivity contribution >= 4 is 21.9 Å². The average molecular weight is 259 g/mol. The molecule has 0 bridgehead atoms. The molecule has 0 radical (unpaired) electrons. The van der Waals surface area contributed by atoms with Crippen LogP contribution in [0.5, 0.6) is 0 Å². The lowest BCUT2D eigenvalue weighted by molar-refractivity contribution is 0.0695. The number of hydrogen-bond donors (Lipinski definition) is 2. The summed E-state index contributed by atoms with van der Waals surface area (Å²) >= 11 is 3.10. The van der Waals surface area contributed by atoms with Crippen LogP contribution in [0.25, 0.3) is 0 Å². The van der Waals surface area contributed by atoms with E-state index in [1.54, 1.807) is 6.07 Å². The number of carboxylic acids is 1. The largest absolute Gasteiger partial charge is 0.478 e. The van der Waals surface area contributed by atoms with Crippen molar-refractivity contribution < 1.29 is 9.90 Å². The Bertz CT molecular complexity index is 355. The fourth-order valence-electron chi connectivity index (χ4n) is 1.02. The highest BCUT2D eigenvalue weighted by Gasteiger charge is 2.12. The van der Waals surface area contributed by atoms with Crippen LogP contribution in [0.4, 0.5) is 0 Å². The fraction of sp³-hybridized carbons (Fsp3) is 0.333. The second-order valence-electron chi connectivity index (χ2n) is 2.89. The van der Waals surface area contributed by atoms with E-state index >= 15 is 0 Å². The average Bonchev–Trinajstić information content (AvgIpc) is 2.15. The van der Waals surface area contributed by atoms with E-state index in [9.17, 15) is 4.79 Å². The van der Waals surface area contributed by atoms with E-state index in [4.69, 9.17) is 10.8 Å². The second kappa shape index (κ2) is 4.52. The molecular formula is C9H11BrN2O2. The normalized spacial score (nSPS) is 12.5. The molecule has 0 fully saturated rings. The van der Waals surface area contributed by atoms with Crippen LogP contribution in [-0.4, -0.2) is 16.1 Å². The molecule has 4 nitrogen and oxygen atoms in total. The molecule has 1 atom stereocenters. The molecule has 1 aromatic rings. The van der Waals surface area contributed by atoms with Crippen LogP contribution in [0.3, 0.4) is 0 Å². The first-order valence-electron chi connectivity index (χ1n) is 4.21. The molecule has 1 rings (SSSR count). The second-order valence-corrected chi connectivity index (χ2v) is 3.65. The van der Waals surface area contributed by atoms with Crippen LogP contribution >= 0.6 is 15.9 Å². The van der Waals surface area contributed by atoms with E-state index < -0.39 is 5.97 Å². The summed E-state index contributed by atoms with van der Waals surface area (Å²) in [4.78, 5) is 14.7. The topological polar surface area (TPSA) is 76.2 Å². The number of nitrogens with zero attached hydrogens (tertiary/aromatic N) is 1. The van der Waals surface area contributed by atoms with E-state index in [0.717, 1.165) is 6.42 Å². The first-order chi connectivity index (χ1) is 6.56. The molecule has 0 aliphatic rings. The predicted molar refractivity (Wildman–Crippen MR) is 56.1 cm³/mol. The van der Waals surface area contributed by atoms with Crippen molar-refractivity contribution in [1.82, 2.24) is 4.98 Å². The summed E-state index contributed by atoms with van der Waals surface area (Å²) in [7, 11) is 0. The van der Waals surface area contributed by atoms with Gasteiger partial charge in [-0.05, 0) is 34.5 Å². The predicted octanol–water partition coefficient (Wildman–Crippen LogP) is 1.95. The summed E-state index contributed by atoms with van der Waals surface area (Å²) in [5.41, 5.74) is 6.61. The van der Waals surface area contributed by atoms with Gasteiger partial charge in [-0.25, -0.2) is 9.78 Å². The maximum atomic E-state index is 10.7. The molecular weight excluding hydrogens is 248 g/mol. The SMILES string of the molecule is CC[C@@H](N)c1ccc(C(=O)O)c(Br)n1. The Kier molecular flexibility index (Phi) is 3.60. The number of hydrogen-bond acceptors (Lipinski definition) is 3. The molecule has 0 saturated heterocycles. The molecule has 0 amide bonds. The first kappa shape index (κ1) is 11.1. The van der Waals surface area contributed by atoms with E-state index in [-0.39, 0.29) is 11.6 Å². The van der Waals surface area contributed by atoms with E-state index in [2.05, 4.69) is 20.9 Å². The molecule has 0 unspecified atom stereocenters. The molecule has 3 N–H and O–H groups in total. The number of pyridine rings is 1. The van der Waals surface area contributed by atoms with Crippen molar-refractivity contribution in [2.75, 3.05) is 0 Å². The molecule has 0 aromatic carbocycles. The number of carboxylic acid groups (broad SMARTS) is 1. The Morgan fingerprint density at radius 3 is 2.79 bits per heavy atom. The summed E-state index contributed by atoms with van der Waals surface area (Å²) in [5, 5.41) is 8.75. The Morgan fingerprint density at radius 1 is 1.71 bits per heavy atom. The zero-order valence-corrected chi connectivity index (χ0v) is 9.28. The third kappa shape index (κ3) is 2.30. The zero-order valence-electron chi connectivity index (χ0n) is 7.70. The molecule has 0 saturated carbocycles. The van der Waals surface area contributed by atoms with Gasteiger partial charge in [0.1, 0.15) is 4.60 Å². The summed E-state index contributed by atoms with van der Waals surface area (Å²) in [6.45, 7) is 1.95. The molecule has 0 spiro atoms. The van der Waals surface area contributed by atoms with Crippen molar-refractivity contribution in [2.24, 2.45) is 5.73 Å². The van der Waals surface area contributed by atoms with Gasteiger partial charge in [-0.15, -0.1) is 0 Å². The van der Waals surface area contributed by atoms with Crippen molar-refractivity contribution in [3.63, 3.8) is 0 Å². The number of aromatic nitrogens is 1. The van der Waals surface area contributed by atoms with Crippen LogP contribution in [0.2, 0.25) is 0 Å². The van der Waals surface area contributed by atoms with E-state index in [1.165, 1.54) is 6.07 Å². The first-order valence-corrected chi connectivity index (χ1v) is 5.00. The smallest absolute Gasteiger partial charge is 0.338 e. The lowest BCUT2D eigenvalue weighted by Crippen LogP contribution is -2.12. The van der Waals surface area contributed by atoms with Crippen LogP contribution in [0.1, 0.15) is 35.4 Å². The Labute approximate surface area is 90.3 Å². The van der Waals surface area contributed by atoms with Gasteiger partial charge in [0.25, 0.3) is 0 Å². The highest BCUT2D eigenvalue weighted by Crippen LogP contribution is 2.18. The van der Waals surface area contributed by atoms with Gasteiger partial charge >= 0.3 is 5.97 Å². The zero-order chi connectivity index (χ0) is 10.7. The van der Waals surface area contributed by atoms with Gasteiger partial charge < -0.3 is 10.8 Å². The Balaban J connectivity index is 3.06. The van der Waals surface area contributed by atoms with Crippen molar-refractivity contribution in [2.45, 2.75) is 19.4 Å². The van der Waals surface area contributed by atoms with Crippen molar-refractivity contribution in [3.05, 3.63) is 28.0 Å². The van der Waals surface area contributed by atoms with Crippen LogP contribution in [0.15, 0.2) is 16.7 Å². The molecule has 1 aromatic heterocycles. The van der Waals surface area contributed by atoms with Gasteiger partial charge in [0, 0.05) is 6.04 Å². The molecule has 0 aliphatic carbocycles. The number of rotatable bonds is 3. The number of carbonyl (C=O) groups is 1. The van der Waals surface area contributed by atoms with Gasteiger partial charge in [0.2, 0.25) is 0 Å². The summed E-state index contributed by atoms with van der Waals surface area (Å²) in [6.07, 6.45) is 0.770. The Morgan fingerprint density at radius 2 is 2.36 bits per heavy atom.